The highest BCUT2D eigenvalue weighted by atomic mass is 32.2. The normalized spacial score (nSPS) is 17.9. The van der Waals surface area contributed by atoms with E-state index >= 15 is 0 Å². The van der Waals surface area contributed by atoms with Gasteiger partial charge in [0.1, 0.15) is 13.2 Å². The molecule has 0 radical (unpaired) electrons. The van der Waals surface area contributed by atoms with Crippen molar-refractivity contribution in [2.45, 2.75) is 30.7 Å². The zero-order valence-corrected chi connectivity index (χ0v) is 19.9. The molecule has 1 amide bonds. The van der Waals surface area contributed by atoms with Gasteiger partial charge in [-0.25, -0.2) is 8.42 Å². The summed E-state index contributed by atoms with van der Waals surface area (Å²) >= 11 is 0. The first kappa shape index (κ1) is 22.7. The van der Waals surface area contributed by atoms with Gasteiger partial charge in [0, 0.05) is 19.0 Å². The number of carbonyl (C=O) groups is 1. The van der Waals surface area contributed by atoms with Gasteiger partial charge in [-0.05, 0) is 60.4 Å². The maximum absolute atomic E-state index is 13.2. The van der Waals surface area contributed by atoms with Gasteiger partial charge < -0.3 is 14.8 Å². The number of nitrogens with zero attached hydrogens (tertiary/aromatic N) is 1. The number of hydrogen-bond acceptors (Lipinski definition) is 5. The molecular weight excluding hydrogens is 452 g/mol. The van der Waals surface area contributed by atoms with Crippen LogP contribution in [0.5, 0.6) is 11.5 Å². The summed E-state index contributed by atoms with van der Waals surface area (Å²) < 4.78 is 39.1. The van der Waals surface area contributed by atoms with Crippen LogP contribution in [0.25, 0.3) is 10.8 Å². The number of fused-ring (bicyclic) bond motifs is 2. The molecule has 1 saturated heterocycles. The SMILES string of the molecule is C[C@@H](NC(=O)C1CCN(S(=O)(=O)c2ccc3ccccc3c2)CC1)c1ccc2c(c1)OCCO2. The maximum atomic E-state index is 13.2. The molecule has 8 heteroatoms. The largest absolute Gasteiger partial charge is 0.486 e. The Morgan fingerprint density at radius 3 is 2.41 bits per heavy atom. The van der Waals surface area contributed by atoms with Crippen molar-refractivity contribution in [1.82, 2.24) is 9.62 Å². The molecular formula is C26H28N2O5S. The second-order valence-corrected chi connectivity index (χ2v) is 10.8. The number of hydrogen-bond donors (Lipinski definition) is 1. The van der Waals surface area contributed by atoms with E-state index in [2.05, 4.69) is 5.32 Å². The maximum Gasteiger partial charge on any atom is 0.243 e. The summed E-state index contributed by atoms with van der Waals surface area (Å²) in [5, 5.41) is 4.97. The quantitative estimate of drug-likeness (QED) is 0.599. The van der Waals surface area contributed by atoms with Crippen LogP contribution in [0, 0.1) is 5.92 Å². The van der Waals surface area contributed by atoms with Crippen LogP contribution in [-0.2, 0) is 14.8 Å². The topological polar surface area (TPSA) is 84.9 Å². The van der Waals surface area contributed by atoms with Gasteiger partial charge in [-0.15, -0.1) is 0 Å². The highest BCUT2D eigenvalue weighted by Gasteiger charge is 2.32. The van der Waals surface area contributed by atoms with Crippen molar-refractivity contribution in [3.05, 3.63) is 66.2 Å². The van der Waals surface area contributed by atoms with Crippen molar-refractivity contribution < 1.29 is 22.7 Å². The fraction of sp³-hybridized carbons (Fsp3) is 0.346. The minimum Gasteiger partial charge on any atom is -0.486 e. The summed E-state index contributed by atoms with van der Waals surface area (Å²) in [6, 6.07) is 18.4. The highest BCUT2D eigenvalue weighted by molar-refractivity contribution is 7.89. The minimum absolute atomic E-state index is 0.0508. The first-order chi connectivity index (χ1) is 16.4. The molecule has 3 aromatic rings. The van der Waals surface area contributed by atoms with Crippen molar-refractivity contribution in [2.24, 2.45) is 5.92 Å². The Bertz CT molecular complexity index is 1320. The number of benzene rings is 3. The smallest absolute Gasteiger partial charge is 0.243 e. The summed E-state index contributed by atoms with van der Waals surface area (Å²) in [4.78, 5) is 13.2. The number of sulfonamides is 1. The van der Waals surface area contributed by atoms with E-state index in [4.69, 9.17) is 9.47 Å². The molecule has 0 spiro atoms. The summed E-state index contributed by atoms with van der Waals surface area (Å²) in [5.41, 5.74) is 0.939. The average molecular weight is 481 g/mol. The Labute approximate surface area is 199 Å². The molecule has 1 fully saturated rings. The van der Waals surface area contributed by atoms with Crippen LogP contribution in [0.2, 0.25) is 0 Å². The van der Waals surface area contributed by atoms with E-state index in [1.54, 1.807) is 12.1 Å². The van der Waals surface area contributed by atoms with Gasteiger partial charge in [0.15, 0.2) is 11.5 Å². The molecule has 0 aromatic heterocycles. The van der Waals surface area contributed by atoms with Crippen LogP contribution in [0.4, 0.5) is 0 Å². The fourth-order valence-electron chi connectivity index (χ4n) is 4.58. The van der Waals surface area contributed by atoms with Gasteiger partial charge in [0.2, 0.25) is 15.9 Å². The summed E-state index contributed by atoms with van der Waals surface area (Å²) in [6.45, 7) is 3.63. The fourth-order valence-corrected chi connectivity index (χ4v) is 6.08. The van der Waals surface area contributed by atoms with Gasteiger partial charge in [0.25, 0.3) is 0 Å². The van der Waals surface area contributed by atoms with Crippen molar-refractivity contribution >= 4 is 26.7 Å². The van der Waals surface area contributed by atoms with Gasteiger partial charge >= 0.3 is 0 Å². The van der Waals surface area contributed by atoms with Gasteiger partial charge in [-0.1, -0.05) is 36.4 Å². The monoisotopic (exact) mass is 480 g/mol. The van der Waals surface area contributed by atoms with E-state index in [9.17, 15) is 13.2 Å². The molecule has 0 unspecified atom stereocenters. The molecule has 5 rings (SSSR count). The van der Waals surface area contributed by atoms with Crippen molar-refractivity contribution in [2.75, 3.05) is 26.3 Å². The molecule has 3 aromatic carbocycles. The lowest BCUT2D eigenvalue weighted by Gasteiger charge is -2.31. The molecule has 7 nitrogen and oxygen atoms in total. The Morgan fingerprint density at radius 1 is 0.941 bits per heavy atom. The van der Waals surface area contributed by atoms with Gasteiger partial charge in [0.05, 0.1) is 10.9 Å². The number of ether oxygens (including phenoxy) is 2. The lowest BCUT2D eigenvalue weighted by Crippen LogP contribution is -2.43. The molecule has 2 aliphatic heterocycles. The standard InChI is InChI=1S/C26H28N2O5S/c1-18(21-7-9-24-25(17-21)33-15-14-32-24)27-26(29)20-10-12-28(13-11-20)34(30,31)23-8-6-19-4-2-3-5-22(19)16-23/h2-9,16-18,20H,10-15H2,1H3,(H,27,29)/t18-/m1/s1. The second kappa shape index (κ2) is 9.27. The van der Waals surface area contributed by atoms with Crippen LogP contribution in [0.3, 0.4) is 0 Å². The summed E-state index contributed by atoms with van der Waals surface area (Å²) in [5.74, 6) is 1.14. The summed E-state index contributed by atoms with van der Waals surface area (Å²) in [6.07, 6.45) is 0.985. The Hall–Kier alpha value is -3.10. The number of nitrogens with one attached hydrogen (secondary N) is 1. The van der Waals surface area contributed by atoms with Crippen LogP contribution < -0.4 is 14.8 Å². The van der Waals surface area contributed by atoms with Crippen molar-refractivity contribution in [3.63, 3.8) is 0 Å². The lowest BCUT2D eigenvalue weighted by molar-refractivity contribution is -0.126. The van der Waals surface area contributed by atoms with E-state index in [0.717, 1.165) is 16.3 Å². The van der Waals surface area contributed by atoms with Gasteiger partial charge in [-0.2, -0.15) is 4.31 Å². The van der Waals surface area contributed by atoms with Crippen LogP contribution in [0.15, 0.2) is 65.6 Å². The minimum atomic E-state index is -3.60. The molecule has 0 saturated carbocycles. The van der Waals surface area contributed by atoms with Gasteiger partial charge in [-0.3, -0.25) is 4.79 Å². The first-order valence-electron chi connectivity index (χ1n) is 11.6. The van der Waals surface area contributed by atoms with E-state index in [0.29, 0.717) is 55.5 Å². The van der Waals surface area contributed by atoms with Crippen molar-refractivity contribution in [3.8, 4) is 11.5 Å². The molecule has 0 bridgehead atoms. The average Bonchev–Trinajstić information content (AvgIpc) is 2.88. The van der Waals surface area contributed by atoms with E-state index in [1.165, 1.54) is 4.31 Å². The number of piperidine rings is 1. The van der Waals surface area contributed by atoms with Crippen molar-refractivity contribution in [1.29, 1.82) is 0 Å². The predicted octanol–water partition coefficient (Wildman–Crippen LogP) is 3.89. The van der Waals surface area contributed by atoms with E-state index < -0.39 is 10.0 Å². The second-order valence-electron chi connectivity index (χ2n) is 8.82. The summed E-state index contributed by atoms with van der Waals surface area (Å²) in [7, 11) is -3.60. The zero-order valence-electron chi connectivity index (χ0n) is 19.1. The zero-order chi connectivity index (χ0) is 23.7. The third kappa shape index (κ3) is 4.48. The molecule has 2 aliphatic rings. The number of rotatable bonds is 5. The molecule has 34 heavy (non-hydrogen) atoms. The van der Waals surface area contributed by atoms with E-state index in [1.807, 2.05) is 55.5 Å². The molecule has 178 valence electrons. The Kier molecular flexibility index (Phi) is 6.18. The molecule has 1 atom stereocenters. The van der Waals surface area contributed by atoms with E-state index in [-0.39, 0.29) is 17.9 Å². The Balaban J connectivity index is 1.21. The lowest BCUT2D eigenvalue weighted by atomic mass is 9.96. The van der Waals surface area contributed by atoms with Crippen LogP contribution in [-0.4, -0.2) is 44.9 Å². The molecule has 1 N–H and O–H groups in total. The van der Waals surface area contributed by atoms with Crippen LogP contribution >= 0.6 is 0 Å². The molecule has 2 heterocycles. The predicted molar refractivity (Wildman–Crippen MR) is 129 cm³/mol. The number of carbonyl (C=O) groups excluding carboxylic acids is 1. The number of amides is 1. The third-order valence-electron chi connectivity index (χ3n) is 6.61. The Morgan fingerprint density at radius 2 is 1.65 bits per heavy atom. The molecule has 0 aliphatic carbocycles. The van der Waals surface area contributed by atoms with Crippen LogP contribution in [0.1, 0.15) is 31.4 Å². The first-order valence-corrected chi connectivity index (χ1v) is 13.0. The highest BCUT2D eigenvalue weighted by Crippen LogP contribution is 2.33. The third-order valence-corrected chi connectivity index (χ3v) is 8.50.